The number of anilines is 1. The van der Waals surface area contributed by atoms with Gasteiger partial charge in [-0.15, -0.1) is 5.10 Å². The summed E-state index contributed by atoms with van der Waals surface area (Å²) in [5, 5.41) is 8.30. The third kappa shape index (κ3) is 4.66. The van der Waals surface area contributed by atoms with Crippen LogP contribution in [-0.2, 0) is 13.2 Å². The maximum absolute atomic E-state index is 5.55. The number of rotatable bonds is 8. The summed E-state index contributed by atoms with van der Waals surface area (Å²) in [7, 11) is 5.62. The van der Waals surface area contributed by atoms with E-state index in [0.717, 1.165) is 27.1 Å². The summed E-state index contributed by atoms with van der Waals surface area (Å²) in [6.07, 6.45) is 0. The van der Waals surface area contributed by atoms with Gasteiger partial charge in [0.25, 0.3) is 0 Å². The molecule has 0 spiro atoms. The van der Waals surface area contributed by atoms with Crippen LogP contribution >= 0.6 is 23.6 Å². The smallest absolute Gasteiger partial charge is 0.204 e. The zero-order chi connectivity index (χ0) is 16.8. The van der Waals surface area contributed by atoms with Crippen molar-refractivity contribution in [3.05, 3.63) is 27.7 Å². The van der Waals surface area contributed by atoms with Crippen molar-refractivity contribution in [1.82, 2.24) is 9.78 Å². The van der Waals surface area contributed by atoms with Crippen LogP contribution in [0.25, 0.3) is 0 Å². The van der Waals surface area contributed by atoms with Crippen molar-refractivity contribution in [2.24, 2.45) is 0 Å². The van der Waals surface area contributed by atoms with Crippen LogP contribution in [0.3, 0.4) is 0 Å². The summed E-state index contributed by atoms with van der Waals surface area (Å²) < 4.78 is 13.6. The van der Waals surface area contributed by atoms with Crippen LogP contribution in [0, 0.1) is 3.95 Å². The predicted molar refractivity (Wildman–Crippen MR) is 95.2 cm³/mol. The molecule has 0 bridgehead atoms. The van der Waals surface area contributed by atoms with E-state index >= 15 is 0 Å². The molecule has 23 heavy (non-hydrogen) atoms. The quantitative estimate of drug-likeness (QED) is 0.707. The number of quaternary nitrogens is 1. The van der Waals surface area contributed by atoms with E-state index in [-0.39, 0.29) is 0 Å². The van der Waals surface area contributed by atoms with Gasteiger partial charge >= 0.3 is 0 Å². The monoisotopic (exact) mass is 355 g/mol. The molecule has 0 amide bonds. The third-order valence-corrected chi connectivity index (χ3v) is 4.60. The molecule has 0 fully saturated rings. The number of nitrogens with one attached hydrogen (secondary N) is 2. The summed E-state index contributed by atoms with van der Waals surface area (Å²) in [5.74, 6) is 1.54. The first-order valence-electron chi connectivity index (χ1n) is 7.44. The van der Waals surface area contributed by atoms with E-state index in [9.17, 15) is 0 Å². The van der Waals surface area contributed by atoms with Gasteiger partial charge in [-0.25, -0.2) is 0 Å². The summed E-state index contributed by atoms with van der Waals surface area (Å²) in [4.78, 5) is 1.28. The predicted octanol–water partition coefficient (Wildman–Crippen LogP) is 1.80. The number of ether oxygens (including phenoxy) is 2. The minimum atomic E-state index is 0.622. The molecular formula is C15H23N4O2S2+. The van der Waals surface area contributed by atoms with Crippen molar-refractivity contribution in [2.45, 2.75) is 20.1 Å². The van der Waals surface area contributed by atoms with Crippen molar-refractivity contribution in [3.63, 3.8) is 0 Å². The lowest BCUT2D eigenvalue weighted by molar-refractivity contribution is -0.917. The highest BCUT2D eigenvalue weighted by molar-refractivity contribution is 7.73. The molecule has 0 saturated carbocycles. The summed E-state index contributed by atoms with van der Waals surface area (Å²) in [5.41, 5.74) is 1.18. The molecule has 0 saturated heterocycles. The lowest BCUT2D eigenvalue weighted by atomic mass is 10.2. The third-order valence-electron chi connectivity index (χ3n) is 3.27. The highest BCUT2D eigenvalue weighted by Crippen LogP contribution is 2.27. The second-order valence-electron chi connectivity index (χ2n) is 5.13. The number of aromatic nitrogens is 2. The van der Waals surface area contributed by atoms with Gasteiger partial charge in [-0.3, -0.25) is 0 Å². The van der Waals surface area contributed by atoms with Crippen LogP contribution in [0.2, 0.25) is 0 Å². The molecule has 1 heterocycles. The molecule has 1 unspecified atom stereocenters. The normalized spacial score (nSPS) is 12.0. The van der Waals surface area contributed by atoms with Crippen LogP contribution in [0.1, 0.15) is 12.5 Å². The first-order chi connectivity index (χ1) is 11.1. The lowest BCUT2D eigenvalue weighted by Crippen LogP contribution is -3.07. The number of hydrogen-bond acceptors (Lipinski definition) is 6. The van der Waals surface area contributed by atoms with Gasteiger partial charge in [0, 0.05) is 12.6 Å². The van der Waals surface area contributed by atoms with E-state index < -0.39 is 0 Å². The Morgan fingerprint density at radius 2 is 2.17 bits per heavy atom. The molecule has 1 aromatic carbocycles. The Morgan fingerprint density at radius 1 is 1.39 bits per heavy atom. The molecular weight excluding hydrogens is 332 g/mol. The van der Waals surface area contributed by atoms with Crippen LogP contribution in [-0.4, -0.2) is 37.6 Å². The average Bonchev–Trinajstić information content (AvgIpc) is 2.89. The Bertz CT molecular complexity index is 699. The van der Waals surface area contributed by atoms with E-state index in [2.05, 4.69) is 23.5 Å². The summed E-state index contributed by atoms with van der Waals surface area (Å²) >= 11 is 6.82. The van der Waals surface area contributed by atoms with Crippen molar-refractivity contribution in [3.8, 4) is 11.5 Å². The highest BCUT2D eigenvalue weighted by Gasteiger charge is 2.11. The van der Waals surface area contributed by atoms with Gasteiger partial charge in [0.2, 0.25) is 5.13 Å². The van der Waals surface area contributed by atoms with Gasteiger partial charge in [-0.05, 0) is 37.3 Å². The minimum Gasteiger partial charge on any atom is -0.493 e. The van der Waals surface area contributed by atoms with Crippen LogP contribution in [0.15, 0.2) is 18.2 Å². The van der Waals surface area contributed by atoms with Crippen LogP contribution < -0.4 is 19.7 Å². The van der Waals surface area contributed by atoms with Crippen LogP contribution in [0.4, 0.5) is 5.13 Å². The van der Waals surface area contributed by atoms with Crippen LogP contribution in [0.5, 0.6) is 11.5 Å². The maximum Gasteiger partial charge on any atom is 0.204 e. The molecule has 0 aliphatic heterocycles. The van der Waals surface area contributed by atoms with Gasteiger partial charge < -0.3 is 19.7 Å². The van der Waals surface area contributed by atoms with E-state index in [4.69, 9.17) is 21.7 Å². The Kier molecular flexibility index (Phi) is 6.37. The van der Waals surface area contributed by atoms with Crippen molar-refractivity contribution in [2.75, 3.05) is 33.1 Å². The maximum atomic E-state index is 5.55. The number of methoxy groups -OCH3 is 1. The Hall–Kier alpha value is -1.64. The van der Waals surface area contributed by atoms with Crippen molar-refractivity contribution < 1.29 is 14.4 Å². The first kappa shape index (κ1) is 17.7. The fourth-order valence-electron chi connectivity index (χ4n) is 2.26. The largest absolute Gasteiger partial charge is 0.493 e. The summed E-state index contributed by atoms with van der Waals surface area (Å²) in [6, 6.07) is 6.04. The molecule has 0 aliphatic rings. The van der Waals surface area contributed by atoms with E-state index in [1.54, 1.807) is 7.11 Å². The fraction of sp³-hybridized carbons (Fsp3) is 0.467. The molecule has 126 valence electrons. The summed E-state index contributed by atoms with van der Waals surface area (Å²) in [6.45, 7) is 4.14. The molecule has 0 radical (unpaired) electrons. The first-order valence-corrected chi connectivity index (χ1v) is 8.66. The highest BCUT2D eigenvalue weighted by atomic mass is 32.1. The molecule has 6 nitrogen and oxygen atoms in total. The van der Waals surface area contributed by atoms with Gasteiger partial charge in [-0.1, -0.05) is 11.3 Å². The van der Waals surface area contributed by atoms with E-state index in [1.165, 1.54) is 21.8 Å². The Balaban J connectivity index is 2.06. The molecule has 2 rings (SSSR count). The molecule has 2 aromatic rings. The lowest BCUT2D eigenvalue weighted by Gasteiger charge is -2.15. The van der Waals surface area contributed by atoms with E-state index in [1.807, 2.05) is 30.8 Å². The van der Waals surface area contributed by atoms with Gasteiger partial charge in [0.15, 0.2) is 22.1 Å². The second kappa shape index (κ2) is 8.28. The minimum absolute atomic E-state index is 0.622. The topological polar surface area (TPSA) is 52.8 Å². The Labute approximate surface area is 145 Å². The van der Waals surface area contributed by atoms with Gasteiger partial charge in [-0.2, -0.15) is 4.68 Å². The standard InChI is InChI=1S/C15H22N4O2S2/c1-5-21-12-7-6-11(8-13(12)20-4)9-18(3)10-19-15(22)23-14(16-2)17-19/h6-8H,5,9-10H2,1-4H3,(H,16,17)/p+1. The van der Waals surface area contributed by atoms with Crippen molar-refractivity contribution >= 4 is 28.7 Å². The molecule has 1 atom stereocenters. The second-order valence-corrected chi connectivity index (χ2v) is 6.76. The van der Waals surface area contributed by atoms with Crippen molar-refractivity contribution in [1.29, 1.82) is 0 Å². The van der Waals surface area contributed by atoms with Gasteiger partial charge in [0.1, 0.15) is 6.54 Å². The average molecular weight is 356 g/mol. The van der Waals surface area contributed by atoms with E-state index in [0.29, 0.717) is 13.3 Å². The SMILES string of the molecule is CCOc1ccc(C[NH+](C)Cn2nc(NC)sc2=S)cc1OC. The number of nitrogens with zero attached hydrogens (tertiary/aromatic N) is 2. The molecule has 2 N–H and O–H groups in total. The van der Waals surface area contributed by atoms with Gasteiger partial charge in [0.05, 0.1) is 20.8 Å². The molecule has 0 aliphatic carbocycles. The zero-order valence-electron chi connectivity index (χ0n) is 13.9. The molecule has 8 heteroatoms. The number of hydrogen-bond donors (Lipinski definition) is 2. The Morgan fingerprint density at radius 3 is 2.78 bits per heavy atom. The zero-order valence-corrected chi connectivity index (χ0v) is 15.5. The fourth-order valence-corrected chi connectivity index (χ4v) is 3.22. The number of benzene rings is 1. The molecule has 1 aromatic heterocycles.